The summed E-state index contributed by atoms with van der Waals surface area (Å²) in [6.45, 7) is 2.11. The quantitative estimate of drug-likeness (QED) is 0.926. The van der Waals surface area contributed by atoms with E-state index in [-0.39, 0.29) is 17.7 Å². The van der Waals surface area contributed by atoms with Crippen LogP contribution in [0.3, 0.4) is 0 Å². The number of halogens is 2. The van der Waals surface area contributed by atoms with Crippen LogP contribution in [0.2, 0.25) is 0 Å². The maximum atomic E-state index is 13.8. The van der Waals surface area contributed by atoms with Crippen molar-refractivity contribution in [3.8, 4) is 0 Å². The zero-order valence-electron chi connectivity index (χ0n) is 13.7. The molecule has 0 atom stereocenters. The van der Waals surface area contributed by atoms with E-state index in [4.69, 9.17) is 0 Å². The maximum Gasteiger partial charge on any atom is 0.321 e. The lowest BCUT2D eigenvalue weighted by atomic mass is 10.2. The highest BCUT2D eigenvalue weighted by Gasteiger charge is 2.22. The van der Waals surface area contributed by atoms with Crippen LogP contribution in [0.4, 0.5) is 19.3 Å². The summed E-state index contributed by atoms with van der Waals surface area (Å²) in [5.41, 5.74) is 0.967. The van der Waals surface area contributed by atoms with Gasteiger partial charge in [-0.15, -0.1) is 0 Å². The molecule has 0 spiro atoms. The summed E-state index contributed by atoms with van der Waals surface area (Å²) in [5.74, 6) is -0.597. The average Bonchev–Trinajstić information content (AvgIpc) is 2.64. The van der Waals surface area contributed by atoms with E-state index in [1.165, 1.54) is 24.4 Å². The van der Waals surface area contributed by atoms with Crippen molar-refractivity contribution in [2.45, 2.75) is 0 Å². The summed E-state index contributed by atoms with van der Waals surface area (Å²) in [6, 6.07) is 12.7. The summed E-state index contributed by atoms with van der Waals surface area (Å²) in [4.78, 5) is 15.7. The van der Waals surface area contributed by atoms with Crippen LogP contribution in [-0.2, 0) is 0 Å². The molecule has 1 aliphatic heterocycles. The molecule has 3 rings (SSSR count). The van der Waals surface area contributed by atoms with Gasteiger partial charge in [0.2, 0.25) is 0 Å². The molecule has 25 heavy (non-hydrogen) atoms. The number of urea groups is 1. The molecule has 2 amide bonds. The highest BCUT2D eigenvalue weighted by molar-refractivity contribution is 5.76. The third kappa shape index (κ3) is 4.15. The maximum absolute atomic E-state index is 13.8. The first-order chi connectivity index (χ1) is 12.1. The first-order valence-corrected chi connectivity index (χ1v) is 8.11. The Kier molecular flexibility index (Phi) is 5.28. The molecule has 2 aromatic rings. The summed E-state index contributed by atoms with van der Waals surface area (Å²) < 4.78 is 27.3. The molecule has 1 aliphatic rings. The van der Waals surface area contributed by atoms with Crippen molar-refractivity contribution in [3.05, 3.63) is 71.9 Å². The standard InChI is InChI=1S/C19H19F2N3O/c20-16-6-2-1-5-15(16)9-10-22-19(25)24-13-11-23(12-14-24)18-8-4-3-7-17(18)21/h1-10H,11-14H2,(H,22,25)/b10-9+. The number of piperazine rings is 1. The van der Waals surface area contributed by atoms with Gasteiger partial charge in [0.1, 0.15) is 11.6 Å². The number of hydrogen-bond donors (Lipinski definition) is 1. The molecule has 130 valence electrons. The zero-order chi connectivity index (χ0) is 17.6. The summed E-state index contributed by atoms with van der Waals surface area (Å²) in [6.07, 6.45) is 2.95. The summed E-state index contributed by atoms with van der Waals surface area (Å²) in [7, 11) is 0. The fourth-order valence-corrected chi connectivity index (χ4v) is 2.76. The molecular formula is C19H19F2N3O. The first kappa shape index (κ1) is 17.0. The molecule has 0 radical (unpaired) electrons. The lowest BCUT2D eigenvalue weighted by Crippen LogP contribution is -2.51. The molecule has 1 fully saturated rings. The van der Waals surface area contributed by atoms with Crippen molar-refractivity contribution in [2.24, 2.45) is 0 Å². The van der Waals surface area contributed by atoms with E-state index in [9.17, 15) is 13.6 Å². The lowest BCUT2D eigenvalue weighted by Gasteiger charge is -2.35. The molecule has 1 saturated heterocycles. The summed E-state index contributed by atoms with van der Waals surface area (Å²) in [5, 5.41) is 2.64. The molecule has 0 bridgehead atoms. The number of hydrogen-bond acceptors (Lipinski definition) is 2. The molecule has 0 saturated carbocycles. The van der Waals surface area contributed by atoms with Gasteiger partial charge in [-0.2, -0.15) is 0 Å². The second kappa shape index (κ2) is 7.79. The number of carbonyl (C=O) groups is 1. The summed E-state index contributed by atoms with van der Waals surface area (Å²) >= 11 is 0. The van der Waals surface area contributed by atoms with Crippen molar-refractivity contribution in [1.29, 1.82) is 0 Å². The molecule has 0 aliphatic carbocycles. The first-order valence-electron chi connectivity index (χ1n) is 8.11. The van der Waals surface area contributed by atoms with Crippen LogP contribution in [0.1, 0.15) is 5.56 Å². The van der Waals surface area contributed by atoms with E-state index >= 15 is 0 Å². The van der Waals surface area contributed by atoms with Crippen LogP contribution in [-0.4, -0.2) is 37.1 Å². The monoisotopic (exact) mass is 343 g/mol. The highest BCUT2D eigenvalue weighted by Crippen LogP contribution is 2.20. The number of amides is 2. The van der Waals surface area contributed by atoms with Gasteiger partial charge < -0.3 is 15.1 Å². The van der Waals surface area contributed by atoms with E-state index in [2.05, 4.69) is 5.32 Å². The van der Waals surface area contributed by atoms with Gasteiger partial charge in [0.15, 0.2) is 0 Å². The minimum Gasteiger partial charge on any atom is -0.366 e. The van der Waals surface area contributed by atoms with Crippen molar-refractivity contribution >= 4 is 17.8 Å². The number of benzene rings is 2. The second-order valence-corrected chi connectivity index (χ2v) is 5.73. The van der Waals surface area contributed by atoms with E-state index in [1.807, 2.05) is 4.90 Å². The number of nitrogens with zero attached hydrogens (tertiary/aromatic N) is 2. The molecule has 1 heterocycles. The molecule has 2 aromatic carbocycles. The minimum absolute atomic E-state index is 0.249. The number of carbonyl (C=O) groups excluding carboxylic acids is 1. The zero-order valence-corrected chi connectivity index (χ0v) is 13.7. The smallest absolute Gasteiger partial charge is 0.321 e. The Bertz CT molecular complexity index is 771. The Morgan fingerprint density at radius 1 is 0.920 bits per heavy atom. The largest absolute Gasteiger partial charge is 0.366 e. The number of para-hydroxylation sites is 1. The van der Waals surface area contributed by atoms with Crippen molar-refractivity contribution < 1.29 is 13.6 Å². The van der Waals surface area contributed by atoms with E-state index < -0.39 is 0 Å². The molecule has 6 heteroatoms. The van der Waals surface area contributed by atoms with Crippen LogP contribution in [0.5, 0.6) is 0 Å². The Labute approximate surface area is 145 Å². The van der Waals surface area contributed by atoms with Gasteiger partial charge >= 0.3 is 6.03 Å². The Hall–Kier alpha value is -2.89. The minimum atomic E-state index is -0.341. The number of nitrogens with one attached hydrogen (secondary N) is 1. The Morgan fingerprint density at radius 3 is 2.24 bits per heavy atom. The predicted octanol–water partition coefficient (Wildman–Crippen LogP) is 3.47. The van der Waals surface area contributed by atoms with Gasteiger partial charge in [0, 0.05) is 37.9 Å². The van der Waals surface area contributed by atoms with Crippen molar-refractivity contribution in [2.75, 3.05) is 31.1 Å². The van der Waals surface area contributed by atoms with Crippen molar-refractivity contribution in [3.63, 3.8) is 0 Å². The molecule has 4 nitrogen and oxygen atoms in total. The fraction of sp³-hybridized carbons (Fsp3) is 0.211. The highest BCUT2D eigenvalue weighted by atomic mass is 19.1. The van der Waals surface area contributed by atoms with Gasteiger partial charge in [-0.1, -0.05) is 30.3 Å². The Morgan fingerprint density at radius 2 is 1.56 bits per heavy atom. The number of rotatable bonds is 3. The molecule has 1 N–H and O–H groups in total. The molecular weight excluding hydrogens is 324 g/mol. The van der Waals surface area contributed by atoms with E-state index in [1.54, 1.807) is 41.3 Å². The van der Waals surface area contributed by atoms with Gasteiger partial charge in [-0.05, 0) is 24.3 Å². The van der Waals surface area contributed by atoms with Gasteiger partial charge in [-0.25, -0.2) is 13.6 Å². The lowest BCUT2D eigenvalue weighted by molar-refractivity contribution is 0.198. The topological polar surface area (TPSA) is 35.6 Å². The Balaban J connectivity index is 1.52. The van der Waals surface area contributed by atoms with Crippen LogP contribution in [0, 0.1) is 11.6 Å². The van der Waals surface area contributed by atoms with E-state index in [0.717, 1.165) is 0 Å². The van der Waals surface area contributed by atoms with Crippen molar-refractivity contribution in [1.82, 2.24) is 10.2 Å². The van der Waals surface area contributed by atoms with Crippen LogP contribution in [0.25, 0.3) is 6.08 Å². The van der Waals surface area contributed by atoms with Gasteiger partial charge in [0.25, 0.3) is 0 Å². The van der Waals surface area contributed by atoms with Crippen LogP contribution >= 0.6 is 0 Å². The normalized spacial score (nSPS) is 14.8. The molecule has 0 unspecified atom stereocenters. The van der Waals surface area contributed by atoms with Crippen LogP contribution < -0.4 is 10.2 Å². The van der Waals surface area contributed by atoms with Crippen LogP contribution in [0.15, 0.2) is 54.7 Å². The number of anilines is 1. The predicted molar refractivity (Wildman–Crippen MR) is 94.2 cm³/mol. The second-order valence-electron chi connectivity index (χ2n) is 5.73. The third-order valence-corrected chi connectivity index (χ3v) is 4.13. The molecule has 0 aromatic heterocycles. The fourth-order valence-electron chi connectivity index (χ4n) is 2.76. The third-order valence-electron chi connectivity index (χ3n) is 4.13. The van der Waals surface area contributed by atoms with Gasteiger partial charge in [-0.3, -0.25) is 0 Å². The average molecular weight is 343 g/mol. The van der Waals surface area contributed by atoms with E-state index in [0.29, 0.717) is 37.4 Å². The van der Waals surface area contributed by atoms with Gasteiger partial charge in [0.05, 0.1) is 5.69 Å². The SMILES string of the molecule is O=C(N/C=C/c1ccccc1F)N1CCN(c2ccccc2F)CC1.